The van der Waals surface area contributed by atoms with Crippen molar-refractivity contribution in [2.75, 3.05) is 6.61 Å². The maximum atomic E-state index is 11.6. The van der Waals surface area contributed by atoms with Gasteiger partial charge in [0.2, 0.25) is 0 Å². The van der Waals surface area contributed by atoms with Crippen molar-refractivity contribution in [2.45, 2.75) is 33.3 Å². The van der Waals surface area contributed by atoms with Crippen molar-refractivity contribution in [3.8, 4) is 0 Å². The van der Waals surface area contributed by atoms with Crippen molar-refractivity contribution in [3.05, 3.63) is 22.1 Å². The van der Waals surface area contributed by atoms with Gasteiger partial charge in [0.25, 0.3) is 5.56 Å². The van der Waals surface area contributed by atoms with E-state index in [1.54, 1.807) is 27.7 Å². The predicted octanol–water partition coefficient (Wildman–Crippen LogP) is 1.14. The number of rotatable bonds is 2. The van der Waals surface area contributed by atoms with Crippen molar-refractivity contribution >= 4 is 12.1 Å². The van der Waals surface area contributed by atoms with Crippen LogP contribution in [0.15, 0.2) is 10.9 Å². The second kappa shape index (κ2) is 5.07. The smallest absolute Gasteiger partial charge is 0.436 e. The molecule has 0 spiro atoms. The Labute approximate surface area is 104 Å². The van der Waals surface area contributed by atoms with E-state index in [2.05, 4.69) is 5.10 Å². The predicted molar refractivity (Wildman–Crippen MR) is 62.6 cm³/mol. The van der Waals surface area contributed by atoms with Crippen LogP contribution >= 0.6 is 0 Å². The minimum atomic E-state index is -0.872. The third-order valence-electron chi connectivity index (χ3n) is 1.79. The Kier molecular flexibility index (Phi) is 3.95. The first kappa shape index (κ1) is 14.0. The average Bonchev–Trinajstić information content (AvgIpc) is 2.58. The molecule has 1 heterocycles. The zero-order chi connectivity index (χ0) is 13.9. The minimum absolute atomic E-state index is 0.0901. The highest BCUT2D eigenvalue weighted by Gasteiger charge is 2.21. The fourth-order valence-electron chi connectivity index (χ4n) is 1.15. The van der Waals surface area contributed by atoms with Gasteiger partial charge in [-0.1, -0.05) is 0 Å². The van der Waals surface area contributed by atoms with E-state index < -0.39 is 23.2 Å². The first-order valence-electron chi connectivity index (χ1n) is 5.47. The summed E-state index contributed by atoms with van der Waals surface area (Å²) in [4.78, 5) is 34.5. The maximum absolute atomic E-state index is 11.6. The lowest BCUT2D eigenvalue weighted by atomic mass is 10.2. The molecule has 1 aromatic heterocycles. The summed E-state index contributed by atoms with van der Waals surface area (Å²) in [6.07, 6.45) is -0.872. The molecule has 0 aliphatic heterocycles. The number of aromatic nitrogens is 2. The number of ether oxygens (including phenoxy) is 2. The number of hydrogen-bond donors (Lipinski definition) is 1. The molecular weight excluding hydrogens is 240 g/mol. The lowest BCUT2D eigenvalue weighted by Gasteiger charge is -2.18. The second-order valence-electron chi connectivity index (χ2n) is 4.54. The molecular formula is C11H16N2O5. The standard InChI is InChI=1S/C11H16N2O5/c1-5-17-9(15)7-6-8(14)13(12-7)10(16)18-11(2,3)4/h6,12H,5H2,1-4H3. The highest BCUT2D eigenvalue weighted by Crippen LogP contribution is 2.07. The number of aromatic amines is 1. The average molecular weight is 256 g/mol. The number of nitrogens with zero attached hydrogens (tertiary/aromatic N) is 1. The van der Waals surface area contributed by atoms with Gasteiger partial charge in [0.15, 0.2) is 0 Å². The van der Waals surface area contributed by atoms with Crippen molar-refractivity contribution < 1.29 is 19.1 Å². The molecule has 100 valence electrons. The first-order chi connectivity index (χ1) is 8.24. The highest BCUT2D eigenvalue weighted by atomic mass is 16.6. The van der Waals surface area contributed by atoms with Crippen LogP contribution in [-0.2, 0) is 9.47 Å². The molecule has 0 aromatic carbocycles. The van der Waals surface area contributed by atoms with Crippen LogP contribution in [0.2, 0.25) is 0 Å². The third-order valence-corrected chi connectivity index (χ3v) is 1.79. The molecule has 0 saturated heterocycles. The molecule has 1 aromatic rings. The van der Waals surface area contributed by atoms with Gasteiger partial charge in [-0.25, -0.2) is 9.59 Å². The Morgan fingerprint density at radius 1 is 1.39 bits per heavy atom. The number of nitrogens with one attached hydrogen (secondary N) is 1. The van der Waals surface area contributed by atoms with Crippen LogP contribution in [0.1, 0.15) is 38.2 Å². The monoisotopic (exact) mass is 256 g/mol. The Hall–Kier alpha value is -2.05. The van der Waals surface area contributed by atoms with E-state index >= 15 is 0 Å². The molecule has 0 fully saturated rings. The molecule has 0 aliphatic rings. The van der Waals surface area contributed by atoms with Crippen LogP contribution in [0.5, 0.6) is 0 Å². The van der Waals surface area contributed by atoms with Crippen molar-refractivity contribution in [1.29, 1.82) is 0 Å². The van der Waals surface area contributed by atoms with Gasteiger partial charge in [-0.2, -0.15) is 0 Å². The Balaban J connectivity index is 2.95. The summed E-state index contributed by atoms with van der Waals surface area (Å²) < 4.78 is 10.3. The Morgan fingerprint density at radius 2 is 2.00 bits per heavy atom. The minimum Gasteiger partial charge on any atom is -0.461 e. The molecule has 0 radical (unpaired) electrons. The Morgan fingerprint density at radius 3 is 2.50 bits per heavy atom. The fourth-order valence-corrected chi connectivity index (χ4v) is 1.15. The molecule has 7 nitrogen and oxygen atoms in total. The molecule has 1 rings (SSSR count). The van der Waals surface area contributed by atoms with Gasteiger partial charge in [0.05, 0.1) is 6.61 Å². The summed E-state index contributed by atoms with van der Waals surface area (Å²) >= 11 is 0. The van der Waals surface area contributed by atoms with Crippen molar-refractivity contribution in [1.82, 2.24) is 9.78 Å². The van der Waals surface area contributed by atoms with E-state index in [-0.39, 0.29) is 12.3 Å². The summed E-state index contributed by atoms with van der Waals surface area (Å²) in [5.41, 5.74) is -1.49. The summed E-state index contributed by atoms with van der Waals surface area (Å²) in [6.45, 7) is 6.83. The van der Waals surface area contributed by atoms with Crippen LogP contribution in [0.4, 0.5) is 4.79 Å². The lowest BCUT2D eigenvalue weighted by molar-refractivity contribution is 0.0497. The molecule has 0 bridgehead atoms. The molecule has 0 aliphatic carbocycles. The summed E-state index contributed by atoms with van der Waals surface area (Å²) in [5.74, 6) is -0.697. The van der Waals surface area contributed by atoms with Crippen LogP contribution in [-0.4, -0.2) is 34.1 Å². The zero-order valence-corrected chi connectivity index (χ0v) is 10.8. The Bertz CT molecular complexity index is 506. The normalized spacial score (nSPS) is 11.1. The molecule has 0 unspecified atom stereocenters. The van der Waals surface area contributed by atoms with Gasteiger partial charge in [0.1, 0.15) is 11.3 Å². The van der Waals surface area contributed by atoms with E-state index in [9.17, 15) is 14.4 Å². The largest absolute Gasteiger partial charge is 0.461 e. The topological polar surface area (TPSA) is 90.4 Å². The zero-order valence-electron chi connectivity index (χ0n) is 10.8. The summed E-state index contributed by atoms with van der Waals surface area (Å²) in [7, 11) is 0. The number of carbonyl (C=O) groups is 2. The molecule has 7 heteroatoms. The number of hydrogen-bond acceptors (Lipinski definition) is 5. The van der Waals surface area contributed by atoms with E-state index in [0.29, 0.717) is 4.68 Å². The second-order valence-corrected chi connectivity index (χ2v) is 4.54. The van der Waals surface area contributed by atoms with E-state index in [4.69, 9.17) is 9.47 Å². The van der Waals surface area contributed by atoms with Gasteiger partial charge < -0.3 is 9.47 Å². The molecule has 1 N–H and O–H groups in total. The maximum Gasteiger partial charge on any atom is 0.436 e. The van der Waals surface area contributed by atoms with Crippen molar-refractivity contribution in [3.63, 3.8) is 0 Å². The van der Waals surface area contributed by atoms with Gasteiger partial charge in [-0.15, -0.1) is 4.68 Å². The van der Waals surface area contributed by atoms with Crippen LogP contribution < -0.4 is 5.56 Å². The molecule has 0 amide bonds. The summed E-state index contributed by atoms with van der Waals surface area (Å²) in [5, 5.41) is 2.34. The number of esters is 1. The number of carbonyl (C=O) groups excluding carboxylic acids is 2. The molecule has 18 heavy (non-hydrogen) atoms. The lowest BCUT2D eigenvalue weighted by Crippen LogP contribution is -2.32. The van der Waals surface area contributed by atoms with Crippen molar-refractivity contribution in [2.24, 2.45) is 0 Å². The van der Waals surface area contributed by atoms with Crippen LogP contribution in [0.3, 0.4) is 0 Å². The van der Waals surface area contributed by atoms with Crippen LogP contribution in [0, 0.1) is 0 Å². The SMILES string of the molecule is CCOC(=O)c1cc(=O)n(C(=O)OC(C)(C)C)[nH]1. The van der Waals surface area contributed by atoms with Gasteiger partial charge in [-0.3, -0.25) is 9.89 Å². The van der Waals surface area contributed by atoms with Gasteiger partial charge in [0, 0.05) is 6.07 Å². The van der Waals surface area contributed by atoms with E-state index in [1.165, 1.54) is 0 Å². The quantitative estimate of drug-likeness (QED) is 0.801. The molecule has 0 atom stereocenters. The van der Waals surface area contributed by atoms with E-state index in [1.807, 2.05) is 0 Å². The third kappa shape index (κ3) is 3.47. The van der Waals surface area contributed by atoms with Crippen LogP contribution in [0.25, 0.3) is 0 Å². The van der Waals surface area contributed by atoms with Gasteiger partial charge in [-0.05, 0) is 27.7 Å². The summed E-state index contributed by atoms with van der Waals surface area (Å²) in [6, 6.07) is 0.988. The molecule has 0 saturated carbocycles. The highest BCUT2D eigenvalue weighted by molar-refractivity contribution is 5.87. The number of H-pyrrole nitrogens is 1. The van der Waals surface area contributed by atoms with Gasteiger partial charge >= 0.3 is 12.1 Å². The fraction of sp³-hybridized carbons (Fsp3) is 0.545. The van der Waals surface area contributed by atoms with E-state index in [0.717, 1.165) is 6.07 Å². The first-order valence-corrected chi connectivity index (χ1v) is 5.47.